The van der Waals surface area contributed by atoms with Gasteiger partial charge < -0.3 is 9.84 Å². The molecule has 0 amide bonds. The Labute approximate surface area is 108 Å². The van der Waals surface area contributed by atoms with E-state index in [1.165, 1.54) is 12.8 Å². The number of ether oxygens (including phenoxy) is 1. The Bertz CT molecular complexity index is 425. The van der Waals surface area contributed by atoms with Crippen LogP contribution < -0.4 is 0 Å². The molecule has 0 bridgehead atoms. The van der Waals surface area contributed by atoms with E-state index < -0.39 is 6.10 Å². The predicted molar refractivity (Wildman–Crippen MR) is 67.8 cm³/mol. The fourth-order valence-electron chi connectivity index (χ4n) is 4.28. The van der Waals surface area contributed by atoms with Gasteiger partial charge in [-0.1, -0.05) is 26.7 Å². The Kier molecular flexibility index (Phi) is 2.60. The Balaban J connectivity index is 2.02. The summed E-state index contributed by atoms with van der Waals surface area (Å²) in [7, 11) is 0. The first-order chi connectivity index (χ1) is 8.45. The molecule has 3 heteroatoms. The minimum Gasteiger partial charge on any atom is -0.452 e. The molecule has 2 aliphatic carbocycles. The molecular weight excluding hydrogens is 228 g/mol. The molecule has 1 aliphatic heterocycles. The fourth-order valence-corrected chi connectivity index (χ4v) is 4.28. The van der Waals surface area contributed by atoms with Gasteiger partial charge in [0.2, 0.25) is 0 Å². The lowest BCUT2D eigenvalue weighted by molar-refractivity contribution is -0.154. The van der Waals surface area contributed by atoms with Gasteiger partial charge in [-0.15, -0.1) is 0 Å². The molecule has 1 heterocycles. The minimum atomic E-state index is -0.511. The number of fused-ring (bicyclic) bond motifs is 2. The van der Waals surface area contributed by atoms with Crippen LogP contribution in [-0.2, 0) is 9.53 Å². The molecule has 2 fully saturated rings. The number of carbonyl (C=O) groups excluding carboxylic acids is 1. The van der Waals surface area contributed by atoms with Crippen molar-refractivity contribution in [3.05, 3.63) is 11.1 Å². The quantitative estimate of drug-likeness (QED) is 0.672. The van der Waals surface area contributed by atoms with E-state index in [0.717, 1.165) is 24.0 Å². The second-order valence-corrected chi connectivity index (χ2v) is 6.59. The van der Waals surface area contributed by atoms with E-state index in [1.807, 2.05) is 6.92 Å². The third kappa shape index (κ3) is 1.43. The Morgan fingerprint density at radius 3 is 2.83 bits per heavy atom. The molecule has 100 valence electrons. The maximum atomic E-state index is 11.7. The van der Waals surface area contributed by atoms with E-state index in [9.17, 15) is 9.90 Å². The summed E-state index contributed by atoms with van der Waals surface area (Å²) in [6, 6.07) is 0. The molecule has 0 spiro atoms. The number of aliphatic hydroxyl groups is 1. The van der Waals surface area contributed by atoms with Crippen molar-refractivity contribution in [2.75, 3.05) is 0 Å². The molecule has 18 heavy (non-hydrogen) atoms. The molecule has 3 nitrogen and oxygen atoms in total. The van der Waals surface area contributed by atoms with Crippen molar-refractivity contribution in [2.45, 2.75) is 58.7 Å². The van der Waals surface area contributed by atoms with Crippen LogP contribution >= 0.6 is 0 Å². The molecule has 3 aliphatic rings. The van der Waals surface area contributed by atoms with Crippen LogP contribution in [0.4, 0.5) is 0 Å². The third-order valence-corrected chi connectivity index (χ3v) is 5.78. The number of hydrogen-bond acceptors (Lipinski definition) is 3. The number of hydrogen-bond donors (Lipinski definition) is 1. The zero-order valence-corrected chi connectivity index (χ0v) is 11.4. The monoisotopic (exact) mass is 250 g/mol. The van der Waals surface area contributed by atoms with Crippen molar-refractivity contribution >= 4 is 5.97 Å². The smallest absolute Gasteiger partial charge is 0.334 e. The van der Waals surface area contributed by atoms with Crippen molar-refractivity contribution < 1.29 is 14.6 Å². The number of aliphatic hydroxyl groups excluding tert-OH is 1. The van der Waals surface area contributed by atoms with E-state index >= 15 is 0 Å². The van der Waals surface area contributed by atoms with Gasteiger partial charge in [0.25, 0.3) is 0 Å². The summed E-state index contributed by atoms with van der Waals surface area (Å²) in [6.07, 6.45) is 3.51. The predicted octanol–water partition coefficient (Wildman–Crippen LogP) is 2.44. The summed E-state index contributed by atoms with van der Waals surface area (Å²) in [6.45, 7) is 6.40. The topological polar surface area (TPSA) is 46.5 Å². The lowest BCUT2D eigenvalue weighted by Crippen LogP contribution is -2.53. The Hall–Kier alpha value is -0.830. The average molecular weight is 250 g/mol. The Morgan fingerprint density at radius 2 is 2.11 bits per heavy atom. The van der Waals surface area contributed by atoms with Gasteiger partial charge in [0, 0.05) is 5.57 Å². The highest BCUT2D eigenvalue weighted by atomic mass is 16.6. The van der Waals surface area contributed by atoms with Crippen LogP contribution in [-0.4, -0.2) is 23.3 Å². The van der Waals surface area contributed by atoms with Gasteiger partial charge in [0.05, 0.1) is 6.10 Å². The lowest BCUT2D eigenvalue weighted by atomic mass is 9.53. The summed E-state index contributed by atoms with van der Waals surface area (Å²) >= 11 is 0. The molecule has 1 N–H and O–H groups in total. The fraction of sp³-hybridized carbons (Fsp3) is 0.800. The van der Waals surface area contributed by atoms with Crippen LogP contribution in [0.3, 0.4) is 0 Å². The molecule has 0 radical (unpaired) electrons. The first kappa shape index (κ1) is 12.2. The third-order valence-electron chi connectivity index (χ3n) is 5.78. The first-order valence-corrected chi connectivity index (χ1v) is 7.04. The first-order valence-electron chi connectivity index (χ1n) is 7.04. The molecule has 3 unspecified atom stereocenters. The van der Waals surface area contributed by atoms with Crippen LogP contribution in [0.15, 0.2) is 11.1 Å². The van der Waals surface area contributed by atoms with E-state index in [-0.39, 0.29) is 23.4 Å². The highest BCUT2D eigenvalue weighted by Crippen LogP contribution is 2.56. The number of carbonyl (C=O) groups is 1. The summed E-state index contributed by atoms with van der Waals surface area (Å²) in [5.41, 5.74) is 1.91. The summed E-state index contributed by atoms with van der Waals surface area (Å²) in [4.78, 5) is 11.7. The van der Waals surface area contributed by atoms with Gasteiger partial charge in [0.1, 0.15) is 0 Å². The van der Waals surface area contributed by atoms with Crippen LogP contribution in [0.1, 0.15) is 46.5 Å². The van der Waals surface area contributed by atoms with Gasteiger partial charge in [-0.2, -0.15) is 0 Å². The molecular formula is C15H22O3. The second-order valence-electron chi connectivity index (χ2n) is 6.59. The van der Waals surface area contributed by atoms with Gasteiger partial charge in [-0.3, -0.25) is 0 Å². The molecule has 0 saturated heterocycles. The van der Waals surface area contributed by atoms with Gasteiger partial charge in [-0.25, -0.2) is 4.79 Å². The van der Waals surface area contributed by atoms with Crippen molar-refractivity contribution in [1.82, 2.24) is 0 Å². The van der Waals surface area contributed by atoms with E-state index in [4.69, 9.17) is 4.74 Å². The molecule has 0 aromatic carbocycles. The summed E-state index contributed by atoms with van der Waals surface area (Å²) < 4.78 is 5.36. The van der Waals surface area contributed by atoms with Crippen molar-refractivity contribution in [2.24, 2.45) is 17.3 Å². The minimum absolute atomic E-state index is 0.124. The van der Waals surface area contributed by atoms with Crippen molar-refractivity contribution in [1.29, 1.82) is 0 Å². The van der Waals surface area contributed by atoms with E-state index in [1.54, 1.807) is 0 Å². The van der Waals surface area contributed by atoms with Crippen molar-refractivity contribution in [3.8, 4) is 0 Å². The zero-order chi connectivity index (χ0) is 13.1. The lowest BCUT2D eigenvalue weighted by Gasteiger charge is -2.53. The highest BCUT2D eigenvalue weighted by molar-refractivity contribution is 5.91. The maximum absolute atomic E-state index is 11.7. The molecule has 3 rings (SSSR count). The zero-order valence-electron chi connectivity index (χ0n) is 11.4. The molecule has 0 aromatic heterocycles. The van der Waals surface area contributed by atoms with E-state index in [0.29, 0.717) is 5.92 Å². The van der Waals surface area contributed by atoms with Crippen LogP contribution in [0, 0.1) is 17.3 Å². The summed E-state index contributed by atoms with van der Waals surface area (Å²) in [5.74, 6) is 0.639. The number of rotatable bonds is 0. The Morgan fingerprint density at radius 1 is 1.39 bits per heavy atom. The van der Waals surface area contributed by atoms with Gasteiger partial charge >= 0.3 is 5.97 Å². The second kappa shape index (κ2) is 3.83. The largest absolute Gasteiger partial charge is 0.452 e. The van der Waals surface area contributed by atoms with E-state index in [2.05, 4.69) is 13.8 Å². The average Bonchev–Trinajstić information content (AvgIpc) is 2.60. The normalized spacial score (nSPS) is 47.7. The standard InChI is InChI=1S/C15H22O3/c1-8-5-4-6-11-12(16)13-10(7-15(8,11)3)9(2)14(17)18-13/h8,11-13,16H,4-7H2,1-3H3/t8-,11?,12?,13?,15+/m0/s1. The van der Waals surface area contributed by atoms with Gasteiger partial charge in [0.15, 0.2) is 6.10 Å². The number of esters is 1. The van der Waals surface area contributed by atoms with Crippen molar-refractivity contribution in [3.63, 3.8) is 0 Å². The summed E-state index contributed by atoms with van der Waals surface area (Å²) in [5, 5.41) is 10.6. The van der Waals surface area contributed by atoms with Crippen LogP contribution in [0.25, 0.3) is 0 Å². The molecule has 0 aromatic rings. The van der Waals surface area contributed by atoms with Gasteiger partial charge in [-0.05, 0) is 42.6 Å². The highest BCUT2D eigenvalue weighted by Gasteiger charge is 2.55. The van der Waals surface area contributed by atoms with Crippen LogP contribution in [0.2, 0.25) is 0 Å². The molecule has 2 saturated carbocycles. The SMILES string of the molecule is CC1=C2C[C@@]3(C)C(CCC[C@@H]3C)C(O)C2OC1=O. The maximum Gasteiger partial charge on any atom is 0.334 e. The van der Waals surface area contributed by atoms with Crippen LogP contribution in [0.5, 0.6) is 0 Å². The molecule has 5 atom stereocenters.